The van der Waals surface area contributed by atoms with Gasteiger partial charge in [-0.15, -0.1) is 45.3 Å². The van der Waals surface area contributed by atoms with Crippen LogP contribution in [-0.2, 0) is 0 Å². The minimum atomic E-state index is -1.49. The quantitative estimate of drug-likeness (QED) is 0.0418. The number of hydrogen-bond acceptors (Lipinski definition) is 12. The van der Waals surface area contributed by atoms with Crippen molar-refractivity contribution in [2.75, 3.05) is 0 Å². The van der Waals surface area contributed by atoms with Crippen molar-refractivity contribution < 1.29 is 40.2 Å². The molecular formula is C118H80B4O8S4. The van der Waals surface area contributed by atoms with E-state index in [4.69, 9.17) is 0 Å². The smallest absolute Gasteiger partial charge is 0.423 e. The average molecular weight is 1800 g/mol. The van der Waals surface area contributed by atoms with Crippen LogP contribution in [0.3, 0.4) is 0 Å². The van der Waals surface area contributed by atoms with E-state index in [9.17, 15) is 40.2 Å². The molecule has 0 spiro atoms. The van der Waals surface area contributed by atoms with Crippen LogP contribution >= 0.6 is 45.3 Å². The predicted molar refractivity (Wildman–Crippen MR) is 576 cm³/mol. The van der Waals surface area contributed by atoms with Crippen LogP contribution in [0.5, 0.6) is 0 Å². The van der Waals surface area contributed by atoms with Crippen molar-refractivity contribution in [1.82, 2.24) is 0 Å². The summed E-state index contributed by atoms with van der Waals surface area (Å²) in [6, 6.07) is 151. The van der Waals surface area contributed by atoms with E-state index in [1.807, 2.05) is 90.2 Å². The lowest BCUT2D eigenvalue weighted by molar-refractivity contribution is 0.424. The molecule has 0 unspecified atom stereocenters. The third-order valence-corrected chi connectivity index (χ3v) is 30.7. The van der Waals surface area contributed by atoms with E-state index in [0.29, 0.717) is 21.9 Å². The van der Waals surface area contributed by atoms with Gasteiger partial charge >= 0.3 is 28.5 Å². The topological polar surface area (TPSA) is 162 Å². The van der Waals surface area contributed by atoms with Crippen LogP contribution in [0.25, 0.3) is 224 Å². The van der Waals surface area contributed by atoms with Gasteiger partial charge in [0.1, 0.15) is 0 Å². The van der Waals surface area contributed by atoms with Crippen molar-refractivity contribution in [3.8, 4) is 100 Å². The van der Waals surface area contributed by atoms with E-state index in [1.54, 1.807) is 58.3 Å². The number of hydrogen-bond donors (Lipinski definition) is 8. The molecule has 8 N–H and O–H groups in total. The Labute approximate surface area is 790 Å². The van der Waals surface area contributed by atoms with E-state index in [0.717, 1.165) is 44.5 Å². The van der Waals surface area contributed by atoms with E-state index in [2.05, 4.69) is 334 Å². The second-order valence-corrected chi connectivity index (χ2v) is 37.7. The maximum Gasteiger partial charge on any atom is 0.488 e. The van der Waals surface area contributed by atoms with Gasteiger partial charge in [0.2, 0.25) is 0 Å². The molecule has 0 saturated heterocycles. The lowest BCUT2D eigenvalue weighted by Gasteiger charge is -2.12. The van der Waals surface area contributed by atoms with Gasteiger partial charge in [-0.25, -0.2) is 0 Å². The lowest BCUT2D eigenvalue weighted by atomic mass is 9.79. The molecular weight excluding hydrogens is 1720 g/mol. The third kappa shape index (κ3) is 16.1. The maximum absolute atomic E-state index is 9.71. The SMILES string of the molecule is OB(O)c1cccc(-c2cccc3c2sc2c(-c4cc5ccccc5c5ccccc45)cccc23)c1.OB(O)c1cccc(-c2cccc3c2sc2c(-c4ccc(-c5ccccc5)cc4)cccc23)c1.OB(O)c1cccc(-c2cccc3c2sc2c(-c4ccc5ccccc5c4)cccc23)c1.OB(O)c1cccc(-c2cccc3c2sc2c(-c4cccc5ccccc45)cccc23)c1. The Morgan fingerprint density at radius 1 is 0.127 bits per heavy atom. The number of fused-ring (bicyclic) bond motifs is 17. The standard InChI is InChI=1S/C32H21BO2S.C30H21BO2S.2C28H19BO2S/c34-33(35)22-10-5-9-20(18-22)24-14-6-15-27-28-16-7-17-29(32(28)36-31(24)27)30-19-21-8-1-2-11-23(21)25-12-3-4-13-26(25)30;32-31(33)24-10-4-9-23(19-24)26-12-6-14-28-27-13-5-11-25(29(27)34-30(26)28)22-17-15-21(16-18-22)20-7-2-1-3-8-20;30-29(31)20-10-3-9-19(17-20)22-12-5-15-25-26-16-6-14-24(28(26)32-27(22)25)23-13-4-8-18-7-1-2-11-21(18)23;30-29(31)22-9-3-8-20(17-22)23-10-4-12-25-26-13-5-11-24(28(26)32-27(23)25)21-15-14-18-6-1-2-7-19(18)16-21/h1-19,34-35H;1-19,32-33H;2*1-17,30-31H. The second-order valence-electron chi connectivity index (χ2n) is 33.6. The molecule has 0 aliphatic carbocycles. The van der Waals surface area contributed by atoms with Gasteiger partial charge in [0.25, 0.3) is 0 Å². The summed E-state index contributed by atoms with van der Waals surface area (Å²) in [5.74, 6) is 0. The molecule has 0 bridgehead atoms. The van der Waals surface area contributed by atoms with E-state index < -0.39 is 28.5 Å². The van der Waals surface area contributed by atoms with E-state index in [-0.39, 0.29) is 0 Å². The molecule has 0 saturated carbocycles. The number of rotatable bonds is 13. The van der Waals surface area contributed by atoms with Crippen molar-refractivity contribution in [2.45, 2.75) is 0 Å². The normalized spacial score (nSPS) is 11.4. The molecule has 636 valence electrons. The van der Waals surface area contributed by atoms with Crippen LogP contribution in [0.2, 0.25) is 0 Å². The minimum Gasteiger partial charge on any atom is -0.423 e. The largest absolute Gasteiger partial charge is 0.488 e. The molecule has 0 atom stereocenters. The maximum atomic E-state index is 9.71. The molecule has 21 aromatic carbocycles. The molecule has 4 heterocycles. The van der Waals surface area contributed by atoms with Crippen LogP contribution in [0.1, 0.15) is 0 Å². The van der Waals surface area contributed by atoms with E-state index in [1.165, 1.54) is 179 Å². The summed E-state index contributed by atoms with van der Waals surface area (Å²) in [6.07, 6.45) is 0. The average Bonchev–Trinajstić information content (AvgIpc) is 1.61. The summed E-state index contributed by atoms with van der Waals surface area (Å²) in [5.41, 5.74) is 22.6. The van der Waals surface area contributed by atoms with Gasteiger partial charge in [0.15, 0.2) is 0 Å². The first kappa shape index (κ1) is 85.0. The molecule has 25 rings (SSSR count). The molecule has 0 amide bonds. The highest BCUT2D eigenvalue weighted by Gasteiger charge is 2.24. The Hall–Kier alpha value is -14.5. The zero-order chi connectivity index (χ0) is 90.6. The van der Waals surface area contributed by atoms with Gasteiger partial charge in [0, 0.05) is 91.8 Å². The van der Waals surface area contributed by atoms with Gasteiger partial charge in [-0.3, -0.25) is 0 Å². The van der Waals surface area contributed by atoms with Crippen LogP contribution in [0.4, 0.5) is 0 Å². The molecule has 25 aromatic rings. The number of thiophene rings is 4. The minimum absolute atomic E-state index is 0.494. The van der Waals surface area contributed by atoms with Gasteiger partial charge in [-0.05, 0) is 166 Å². The molecule has 0 aliphatic rings. The summed E-state index contributed by atoms with van der Waals surface area (Å²) in [5, 5.41) is 97.0. The molecule has 4 aromatic heterocycles. The van der Waals surface area contributed by atoms with Crippen molar-refractivity contribution in [3.05, 3.63) is 437 Å². The fraction of sp³-hybridized carbons (Fsp3) is 0. The van der Waals surface area contributed by atoms with Crippen LogP contribution < -0.4 is 21.9 Å². The highest BCUT2D eigenvalue weighted by atomic mass is 32.1. The van der Waals surface area contributed by atoms with Crippen molar-refractivity contribution in [1.29, 1.82) is 0 Å². The summed E-state index contributed by atoms with van der Waals surface area (Å²) in [6.45, 7) is 0. The summed E-state index contributed by atoms with van der Waals surface area (Å²) in [4.78, 5) is 0. The Morgan fingerprint density at radius 3 is 0.776 bits per heavy atom. The fourth-order valence-corrected chi connectivity index (χ4v) is 24.6. The molecule has 0 radical (unpaired) electrons. The van der Waals surface area contributed by atoms with Crippen molar-refractivity contribution in [3.63, 3.8) is 0 Å². The third-order valence-electron chi connectivity index (χ3n) is 25.6. The molecule has 8 nitrogen and oxygen atoms in total. The van der Waals surface area contributed by atoms with Gasteiger partial charge in [-0.2, -0.15) is 0 Å². The highest BCUT2D eigenvalue weighted by Crippen LogP contribution is 2.51. The van der Waals surface area contributed by atoms with Crippen LogP contribution in [0, 0.1) is 0 Å². The molecule has 16 heteroatoms. The predicted octanol–water partition coefficient (Wildman–Crippen LogP) is 26.6. The summed E-state index contributed by atoms with van der Waals surface area (Å²) >= 11 is 7.20. The zero-order valence-electron chi connectivity index (χ0n) is 72.1. The lowest BCUT2D eigenvalue weighted by Crippen LogP contribution is -2.29. The van der Waals surface area contributed by atoms with Gasteiger partial charge in [-0.1, -0.05) is 425 Å². The summed E-state index contributed by atoms with van der Waals surface area (Å²) < 4.78 is 9.88. The monoisotopic (exact) mass is 1800 g/mol. The van der Waals surface area contributed by atoms with Gasteiger partial charge in [0.05, 0.1) is 0 Å². The van der Waals surface area contributed by atoms with Crippen molar-refractivity contribution in [2.24, 2.45) is 0 Å². The molecule has 0 fully saturated rings. The fourth-order valence-electron chi connectivity index (χ4n) is 19.1. The molecule has 0 aliphatic heterocycles. The van der Waals surface area contributed by atoms with Crippen LogP contribution in [-0.4, -0.2) is 68.7 Å². The first-order valence-electron chi connectivity index (χ1n) is 44.4. The zero-order valence-corrected chi connectivity index (χ0v) is 75.4. The molecule has 134 heavy (non-hydrogen) atoms. The second kappa shape index (κ2) is 36.6. The van der Waals surface area contributed by atoms with Crippen LogP contribution in [0.15, 0.2) is 437 Å². The summed E-state index contributed by atoms with van der Waals surface area (Å²) in [7, 11) is -5.92. The Bertz CT molecular complexity index is 8820. The van der Waals surface area contributed by atoms with Gasteiger partial charge < -0.3 is 40.2 Å². The Kier molecular flexibility index (Phi) is 23.2. The Morgan fingerprint density at radius 2 is 0.373 bits per heavy atom. The Balaban J connectivity index is 0.000000104. The number of benzene rings is 21. The highest BCUT2D eigenvalue weighted by molar-refractivity contribution is 7.28. The first-order valence-corrected chi connectivity index (χ1v) is 47.7. The van der Waals surface area contributed by atoms with Crippen molar-refractivity contribution >= 4 is 219 Å². The first-order chi connectivity index (χ1) is 65.8. The van der Waals surface area contributed by atoms with E-state index >= 15 is 0 Å².